The van der Waals surface area contributed by atoms with E-state index in [9.17, 15) is 9.90 Å². The van der Waals surface area contributed by atoms with Gasteiger partial charge in [-0.15, -0.1) is 0 Å². The van der Waals surface area contributed by atoms with Gasteiger partial charge < -0.3 is 5.11 Å². The third kappa shape index (κ3) is 2.76. The summed E-state index contributed by atoms with van der Waals surface area (Å²) in [6.45, 7) is 12.7. The number of aliphatic carboxylic acids is 1. The molecule has 4 atom stereocenters. The Bertz CT molecular complexity index is 404. The molecule has 3 heteroatoms. The van der Waals surface area contributed by atoms with Crippen molar-refractivity contribution >= 4 is 5.97 Å². The Hall–Kier alpha value is -1.09. The highest BCUT2D eigenvalue weighted by molar-refractivity contribution is 5.74. The first-order valence-electron chi connectivity index (χ1n) is 7.15. The molecule has 1 saturated carbocycles. The molecule has 0 aromatic carbocycles. The number of carbonyl (C=O) groups is 1. The summed E-state index contributed by atoms with van der Waals surface area (Å²) >= 11 is 0. The van der Waals surface area contributed by atoms with Gasteiger partial charge in [0.05, 0.1) is 5.41 Å². The zero-order valence-corrected chi connectivity index (χ0v) is 12.1. The Balaban J connectivity index is 2.14. The summed E-state index contributed by atoms with van der Waals surface area (Å²) in [5.41, 5.74) is 0.448. The van der Waals surface area contributed by atoms with Crippen molar-refractivity contribution in [2.75, 3.05) is 6.54 Å². The molecule has 1 N–H and O–H groups in total. The van der Waals surface area contributed by atoms with Gasteiger partial charge in [0.1, 0.15) is 0 Å². The number of hydrogen-bond donors (Lipinski definition) is 1. The van der Waals surface area contributed by atoms with Crippen molar-refractivity contribution in [2.24, 2.45) is 11.3 Å². The highest BCUT2D eigenvalue weighted by atomic mass is 16.4. The minimum absolute atomic E-state index is 0.398. The number of rotatable bonds is 4. The molecular formula is C16H25NO2. The van der Waals surface area contributed by atoms with E-state index < -0.39 is 11.4 Å². The van der Waals surface area contributed by atoms with E-state index >= 15 is 0 Å². The number of fused-ring (bicyclic) bond motifs is 4. The molecule has 4 unspecified atom stereocenters. The van der Waals surface area contributed by atoms with Gasteiger partial charge in [0.2, 0.25) is 0 Å². The fourth-order valence-corrected chi connectivity index (χ4v) is 3.83. The van der Waals surface area contributed by atoms with Gasteiger partial charge in [-0.2, -0.15) is 0 Å². The molecule has 106 valence electrons. The Kier molecular flexibility index (Phi) is 3.86. The molecule has 0 aromatic heterocycles. The van der Waals surface area contributed by atoms with Crippen LogP contribution in [0.5, 0.6) is 0 Å². The summed E-state index contributed by atoms with van der Waals surface area (Å²) < 4.78 is 0. The van der Waals surface area contributed by atoms with Crippen LogP contribution in [0.1, 0.15) is 39.5 Å². The molecule has 19 heavy (non-hydrogen) atoms. The molecule has 1 aliphatic carbocycles. The first-order chi connectivity index (χ1) is 8.85. The lowest BCUT2D eigenvalue weighted by atomic mass is 9.67. The largest absolute Gasteiger partial charge is 0.481 e. The van der Waals surface area contributed by atoms with E-state index in [1.165, 1.54) is 0 Å². The van der Waals surface area contributed by atoms with E-state index in [-0.39, 0.29) is 0 Å². The second-order valence-electron chi connectivity index (χ2n) is 6.69. The fraction of sp³-hybridized carbons (Fsp3) is 0.688. The number of carboxylic acids is 1. The third-order valence-electron chi connectivity index (χ3n) is 4.83. The van der Waals surface area contributed by atoms with Gasteiger partial charge >= 0.3 is 5.97 Å². The maximum absolute atomic E-state index is 11.6. The quantitative estimate of drug-likeness (QED) is 0.792. The molecule has 3 nitrogen and oxygen atoms in total. The van der Waals surface area contributed by atoms with Gasteiger partial charge in [0.25, 0.3) is 0 Å². The number of carboxylic acid groups (broad SMARTS) is 1. The standard InChI is InChI=1S/C16H25NO2/c1-5-11(2)10-17-13-6-12(3)8-16(4,15(18)19)9-14(17)7-13/h5,12-14H,1-2,6-10H2,3-4H3,(H,18,19). The zero-order chi connectivity index (χ0) is 14.2. The van der Waals surface area contributed by atoms with Crippen LogP contribution in [0.25, 0.3) is 0 Å². The minimum Gasteiger partial charge on any atom is -0.481 e. The summed E-state index contributed by atoms with van der Waals surface area (Å²) in [5, 5.41) is 9.53. The second-order valence-corrected chi connectivity index (χ2v) is 6.69. The Morgan fingerprint density at radius 1 is 1.42 bits per heavy atom. The first kappa shape index (κ1) is 14.3. The highest BCUT2D eigenvalue weighted by Crippen LogP contribution is 2.45. The summed E-state index contributed by atoms with van der Waals surface area (Å²) in [7, 11) is 0. The van der Waals surface area contributed by atoms with Gasteiger partial charge in [0.15, 0.2) is 0 Å². The topological polar surface area (TPSA) is 40.5 Å². The van der Waals surface area contributed by atoms with E-state index in [1.54, 1.807) is 6.08 Å². The van der Waals surface area contributed by atoms with Crippen LogP contribution in [0.2, 0.25) is 0 Å². The molecular weight excluding hydrogens is 238 g/mol. The van der Waals surface area contributed by atoms with E-state index in [0.717, 1.165) is 37.8 Å². The molecule has 2 saturated heterocycles. The molecule has 2 aliphatic heterocycles. The molecule has 0 aromatic rings. The van der Waals surface area contributed by atoms with E-state index in [0.29, 0.717) is 18.0 Å². The molecule has 2 bridgehead atoms. The predicted octanol–water partition coefficient (Wildman–Crippen LogP) is 3.08. The van der Waals surface area contributed by atoms with Gasteiger partial charge in [-0.1, -0.05) is 26.2 Å². The summed E-state index contributed by atoms with van der Waals surface area (Å²) in [4.78, 5) is 14.0. The molecule has 0 radical (unpaired) electrons. The maximum atomic E-state index is 11.6. The lowest BCUT2D eigenvalue weighted by molar-refractivity contribution is -0.154. The average Bonchev–Trinajstić information content (AvgIpc) is 2.31. The summed E-state index contributed by atoms with van der Waals surface area (Å²) in [5.74, 6) is -0.181. The van der Waals surface area contributed by atoms with Crippen molar-refractivity contribution in [3.8, 4) is 0 Å². The van der Waals surface area contributed by atoms with Crippen molar-refractivity contribution < 1.29 is 9.90 Å². The Morgan fingerprint density at radius 2 is 2.11 bits per heavy atom. The van der Waals surface area contributed by atoms with E-state index in [2.05, 4.69) is 25.0 Å². The van der Waals surface area contributed by atoms with Gasteiger partial charge in [-0.25, -0.2) is 0 Å². The van der Waals surface area contributed by atoms with Crippen molar-refractivity contribution in [2.45, 2.75) is 51.6 Å². The fourth-order valence-electron chi connectivity index (χ4n) is 3.83. The van der Waals surface area contributed by atoms with Crippen LogP contribution in [0, 0.1) is 11.3 Å². The molecule has 0 amide bonds. The molecule has 3 aliphatic rings. The van der Waals surface area contributed by atoms with Gasteiger partial charge in [0, 0.05) is 18.6 Å². The minimum atomic E-state index is -0.646. The van der Waals surface area contributed by atoms with Gasteiger partial charge in [-0.3, -0.25) is 9.69 Å². The van der Waals surface area contributed by atoms with Crippen LogP contribution in [0.4, 0.5) is 0 Å². The molecule has 3 fully saturated rings. The van der Waals surface area contributed by atoms with Crippen LogP contribution < -0.4 is 0 Å². The molecule has 0 spiro atoms. The highest BCUT2D eigenvalue weighted by Gasteiger charge is 2.48. The van der Waals surface area contributed by atoms with Crippen LogP contribution in [0.15, 0.2) is 24.8 Å². The smallest absolute Gasteiger partial charge is 0.309 e. The van der Waals surface area contributed by atoms with Crippen molar-refractivity contribution in [3.05, 3.63) is 24.8 Å². The number of nitrogens with zero attached hydrogens (tertiary/aromatic N) is 1. The third-order valence-corrected chi connectivity index (χ3v) is 4.83. The predicted molar refractivity (Wildman–Crippen MR) is 77.0 cm³/mol. The monoisotopic (exact) mass is 263 g/mol. The Morgan fingerprint density at radius 3 is 2.68 bits per heavy atom. The van der Waals surface area contributed by atoms with Crippen LogP contribution in [-0.2, 0) is 4.79 Å². The lowest BCUT2D eigenvalue weighted by Crippen LogP contribution is -2.60. The summed E-state index contributed by atoms with van der Waals surface area (Å²) in [6.07, 6.45) is 5.60. The first-order valence-corrected chi connectivity index (χ1v) is 7.15. The van der Waals surface area contributed by atoms with E-state index in [4.69, 9.17) is 0 Å². The SMILES string of the molecule is C=CC(=C)CN1C2CC(C)CC(C)(C(=O)O)CC1C2. The zero-order valence-electron chi connectivity index (χ0n) is 12.1. The van der Waals surface area contributed by atoms with E-state index in [1.807, 2.05) is 6.92 Å². The van der Waals surface area contributed by atoms with Gasteiger partial charge in [-0.05, 0) is 44.1 Å². The average molecular weight is 263 g/mol. The lowest BCUT2D eigenvalue weighted by Gasteiger charge is -2.54. The molecule has 2 heterocycles. The number of hydrogen-bond acceptors (Lipinski definition) is 2. The maximum Gasteiger partial charge on any atom is 0.309 e. The summed E-state index contributed by atoms with van der Waals surface area (Å²) in [6, 6.07) is 1.00. The van der Waals surface area contributed by atoms with Crippen LogP contribution in [0.3, 0.4) is 0 Å². The molecule has 3 rings (SSSR count). The second kappa shape index (κ2) is 5.12. The van der Waals surface area contributed by atoms with Crippen molar-refractivity contribution in [1.82, 2.24) is 4.90 Å². The normalized spacial score (nSPS) is 38.7. The van der Waals surface area contributed by atoms with Crippen molar-refractivity contribution in [3.63, 3.8) is 0 Å². The van der Waals surface area contributed by atoms with Crippen LogP contribution in [-0.4, -0.2) is 34.6 Å². The van der Waals surface area contributed by atoms with Crippen molar-refractivity contribution in [1.29, 1.82) is 0 Å². The van der Waals surface area contributed by atoms with Crippen LogP contribution >= 0.6 is 0 Å². The Labute approximate surface area is 116 Å².